The van der Waals surface area contributed by atoms with Crippen LogP contribution in [0.2, 0.25) is 0 Å². The number of carbonyl (C=O) groups excluding carboxylic acids is 1. The fraction of sp³-hybridized carbons (Fsp3) is 0.467. The molecule has 0 radical (unpaired) electrons. The van der Waals surface area contributed by atoms with Crippen LogP contribution in [0.25, 0.3) is 0 Å². The van der Waals surface area contributed by atoms with Crippen LogP contribution in [-0.2, 0) is 18.4 Å². The first-order chi connectivity index (χ1) is 11.7. The van der Waals surface area contributed by atoms with Crippen LogP contribution >= 0.6 is 24.0 Å². The molecular weight excluding hydrogens is 435 g/mol. The number of piperazine rings is 1. The molecule has 1 saturated heterocycles. The number of nitrogens with one attached hydrogen (secondary N) is 1. The van der Waals surface area contributed by atoms with E-state index < -0.39 is 0 Å². The molecule has 1 aliphatic heterocycles. The molecule has 0 atom stereocenters. The topological polar surface area (TPSA) is 83.6 Å². The maximum atomic E-state index is 12.4. The molecule has 0 saturated carbocycles. The summed E-state index contributed by atoms with van der Waals surface area (Å²) in [6.45, 7) is 3.17. The Kier molecular flexibility index (Phi) is 6.79. The Morgan fingerprint density at radius 1 is 1.40 bits per heavy atom. The summed E-state index contributed by atoms with van der Waals surface area (Å²) in [6, 6.07) is 0. The van der Waals surface area contributed by atoms with E-state index in [9.17, 15) is 4.79 Å². The lowest BCUT2D eigenvalue weighted by Gasteiger charge is -2.35. The summed E-state index contributed by atoms with van der Waals surface area (Å²) in [6.07, 6.45) is 9.02. The van der Waals surface area contributed by atoms with Gasteiger partial charge in [-0.05, 0) is 0 Å². The second-order valence-corrected chi connectivity index (χ2v) is 5.61. The summed E-state index contributed by atoms with van der Waals surface area (Å²) >= 11 is 0. The van der Waals surface area contributed by atoms with Crippen molar-refractivity contribution in [2.45, 2.75) is 6.54 Å². The standard InChI is InChI=1S/C15H22N8O.HI/c1-16-15(18-4-6-21-5-3-17-12-21)22-7-8-23(14(24)11-22)13-9-19-20(2)10-13;/h3,5,9-10,12H,4,6-8,11H2,1-2H3,(H,16,18);1H. The van der Waals surface area contributed by atoms with Crippen molar-refractivity contribution in [2.75, 3.05) is 38.1 Å². The van der Waals surface area contributed by atoms with Gasteiger partial charge in [-0.2, -0.15) is 5.10 Å². The van der Waals surface area contributed by atoms with Gasteiger partial charge in [0.05, 0.1) is 18.2 Å². The van der Waals surface area contributed by atoms with E-state index in [0.29, 0.717) is 13.1 Å². The summed E-state index contributed by atoms with van der Waals surface area (Å²) in [5.74, 6) is 0.793. The van der Waals surface area contributed by atoms with E-state index in [4.69, 9.17) is 0 Å². The zero-order valence-corrected chi connectivity index (χ0v) is 16.7. The molecule has 10 heteroatoms. The average molecular weight is 458 g/mol. The smallest absolute Gasteiger partial charge is 0.246 e. The van der Waals surface area contributed by atoms with Crippen LogP contribution in [0, 0.1) is 0 Å². The Bertz CT molecular complexity index is 711. The number of aryl methyl sites for hydroxylation is 1. The zero-order valence-electron chi connectivity index (χ0n) is 14.4. The highest BCUT2D eigenvalue weighted by molar-refractivity contribution is 14.0. The van der Waals surface area contributed by atoms with Crippen molar-refractivity contribution in [2.24, 2.45) is 12.0 Å². The van der Waals surface area contributed by atoms with E-state index in [1.165, 1.54) is 0 Å². The maximum absolute atomic E-state index is 12.4. The van der Waals surface area contributed by atoms with Crippen LogP contribution in [0.5, 0.6) is 0 Å². The van der Waals surface area contributed by atoms with Gasteiger partial charge in [-0.25, -0.2) is 4.98 Å². The molecule has 0 unspecified atom stereocenters. The average Bonchev–Trinajstić information content (AvgIpc) is 3.23. The molecular formula is C15H23IN8O. The second-order valence-electron chi connectivity index (χ2n) is 5.61. The van der Waals surface area contributed by atoms with Crippen molar-refractivity contribution in [3.63, 3.8) is 0 Å². The minimum atomic E-state index is 0. The largest absolute Gasteiger partial charge is 0.354 e. The van der Waals surface area contributed by atoms with E-state index in [0.717, 1.165) is 31.3 Å². The third-order valence-corrected chi connectivity index (χ3v) is 3.95. The van der Waals surface area contributed by atoms with Gasteiger partial charge in [0.1, 0.15) is 6.54 Å². The molecule has 3 rings (SSSR count). The molecule has 3 heterocycles. The predicted molar refractivity (Wildman–Crippen MR) is 106 cm³/mol. The minimum Gasteiger partial charge on any atom is -0.354 e. The zero-order chi connectivity index (χ0) is 16.9. The molecule has 1 amide bonds. The highest BCUT2D eigenvalue weighted by Crippen LogP contribution is 2.15. The molecule has 0 spiro atoms. The number of aliphatic imine (C=N–C) groups is 1. The number of guanidine groups is 1. The fourth-order valence-electron chi connectivity index (χ4n) is 2.72. The van der Waals surface area contributed by atoms with Crippen molar-refractivity contribution in [1.82, 2.24) is 29.5 Å². The van der Waals surface area contributed by atoms with Crippen LogP contribution in [-0.4, -0.2) is 69.3 Å². The van der Waals surface area contributed by atoms with Gasteiger partial charge in [0.15, 0.2) is 5.96 Å². The molecule has 0 aromatic carbocycles. The van der Waals surface area contributed by atoms with Crippen molar-refractivity contribution in [3.8, 4) is 0 Å². The summed E-state index contributed by atoms with van der Waals surface area (Å²) in [4.78, 5) is 24.5. The number of carbonyl (C=O) groups is 1. The molecule has 0 aliphatic carbocycles. The molecule has 136 valence electrons. The van der Waals surface area contributed by atoms with Gasteiger partial charge in [-0.15, -0.1) is 24.0 Å². The molecule has 1 fully saturated rings. The van der Waals surface area contributed by atoms with Crippen molar-refractivity contribution in [3.05, 3.63) is 31.1 Å². The highest BCUT2D eigenvalue weighted by Gasteiger charge is 2.27. The van der Waals surface area contributed by atoms with Crippen LogP contribution in [0.3, 0.4) is 0 Å². The van der Waals surface area contributed by atoms with E-state index in [-0.39, 0.29) is 29.9 Å². The number of nitrogens with zero attached hydrogens (tertiary/aromatic N) is 7. The van der Waals surface area contributed by atoms with Gasteiger partial charge in [-0.1, -0.05) is 0 Å². The van der Waals surface area contributed by atoms with E-state index >= 15 is 0 Å². The molecule has 0 bridgehead atoms. The fourth-order valence-corrected chi connectivity index (χ4v) is 2.72. The predicted octanol–water partition coefficient (Wildman–Crippen LogP) is 0.159. The Hall–Kier alpha value is -2.11. The van der Waals surface area contributed by atoms with Gasteiger partial charge < -0.3 is 19.7 Å². The van der Waals surface area contributed by atoms with E-state index in [1.54, 1.807) is 35.4 Å². The van der Waals surface area contributed by atoms with Crippen molar-refractivity contribution in [1.29, 1.82) is 0 Å². The summed E-state index contributed by atoms with van der Waals surface area (Å²) < 4.78 is 3.69. The Morgan fingerprint density at radius 3 is 2.84 bits per heavy atom. The lowest BCUT2D eigenvalue weighted by molar-refractivity contribution is -0.120. The quantitative estimate of drug-likeness (QED) is 0.401. The molecule has 9 nitrogen and oxygen atoms in total. The first-order valence-electron chi connectivity index (χ1n) is 7.87. The molecule has 2 aromatic heterocycles. The molecule has 1 aliphatic rings. The third-order valence-electron chi connectivity index (χ3n) is 3.95. The number of halogens is 1. The van der Waals surface area contributed by atoms with Gasteiger partial charge in [0, 0.05) is 58.9 Å². The van der Waals surface area contributed by atoms with E-state index in [2.05, 4.69) is 20.4 Å². The van der Waals surface area contributed by atoms with Gasteiger partial charge >= 0.3 is 0 Å². The number of hydrogen-bond donors (Lipinski definition) is 1. The second kappa shape index (κ2) is 8.83. The van der Waals surface area contributed by atoms with E-state index in [1.807, 2.05) is 28.9 Å². The van der Waals surface area contributed by atoms with Crippen LogP contribution in [0.4, 0.5) is 5.69 Å². The van der Waals surface area contributed by atoms with Crippen LogP contribution in [0.1, 0.15) is 0 Å². The highest BCUT2D eigenvalue weighted by atomic mass is 127. The lowest BCUT2D eigenvalue weighted by Crippen LogP contribution is -2.55. The molecule has 1 N–H and O–H groups in total. The van der Waals surface area contributed by atoms with Crippen molar-refractivity contribution >= 4 is 41.5 Å². The van der Waals surface area contributed by atoms with Crippen molar-refractivity contribution < 1.29 is 4.79 Å². The number of anilines is 1. The number of aromatic nitrogens is 4. The third kappa shape index (κ3) is 4.71. The number of hydrogen-bond acceptors (Lipinski definition) is 4. The molecule has 25 heavy (non-hydrogen) atoms. The number of amides is 1. The Balaban J connectivity index is 0.00000225. The van der Waals surface area contributed by atoms with Gasteiger partial charge in [0.25, 0.3) is 0 Å². The lowest BCUT2D eigenvalue weighted by atomic mass is 10.3. The minimum absolute atomic E-state index is 0. The first-order valence-corrected chi connectivity index (χ1v) is 7.87. The molecule has 2 aromatic rings. The van der Waals surface area contributed by atoms with Gasteiger partial charge in [-0.3, -0.25) is 14.5 Å². The summed E-state index contributed by atoms with van der Waals surface area (Å²) in [5.41, 5.74) is 0.838. The first kappa shape index (κ1) is 19.2. The number of imidazole rings is 1. The normalized spacial score (nSPS) is 15.3. The van der Waals surface area contributed by atoms with Crippen LogP contribution in [0.15, 0.2) is 36.1 Å². The SMILES string of the molecule is CN=C(NCCn1ccnc1)N1CCN(c2cnn(C)c2)C(=O)C1.I. The Morgan fingerprint density at radius 2 is 2.24 bits per heavy atom. The monoisotopic (exact) mass is 458 g/mol. The number of rotatable bonds is 4. The summed E-state index contributed by atoms with van der Waals surface area (Å²) in [7, 11) is 3.58. The maximum Gasteiger partial charge on any atom is 0.246 e. The Labute approximate surface area is 163 Å². The van der Waals surface area contributed by atoms with Crippen LogP contribution < -0.4 is 10.2 Å². The summed E-state index contributed by atoms with van der Waals surface area (Å²) in [5, 5.41) is 7.42. The van der Waals surface area contributed by atoms with Gasteiger partial charge in [0.2, 0.25) is 5.91 Å².